The van der Waals surface area contributed by atoms with E-state index in [1.807, 2.05) is 18.2 Å². The smallest absolute Gasteiger partial charge is 0.339 e. The number of nitrogens with one attached hydrogen (secondary N) is 1. The zero-order valence-corrected chi connectivity index (χ0v) is 9.89. The summed E-state index contributed by atoms with van der Waals surface area (Å²) in [5.74, 6) is -0.247. The average Bonchev–Trinajstić information content (AvgIpc) is 2.65. The third-order valence-electron chi connectivity index (χ3n) is 2.82. The number of carbonyl (C=O) groups is 1. The topological polar surface area (TPSA) is 41.6 Å². The Morgan fingerprint density at radius 2 is 2.06 bits per heavy atom. The molecule has 4 heteroatoms. The van der Waals surface area contributed by atoms with E-state index in [-0.39, 0.29) is 5.97 Å². The van der Waals surface area contributed by atoms with Crippen LogP contribution in [0, 0.1) is 0 Å². The molecule has 0 aromatic heterocycles. The van der Waals surface area contributed by atoms with Crippen LogP contribution in [0.1, 0.15) is 16.8 Å². The second-order valence-electron chi connectivity index (χ2n) is 4.15. The molecule has 0 spiro atoms. The van der Waals surface area contributed by atoms with Gasteiger partial charge in [-0.25, -0.2) is 4.79 Å². The minimum Gasteiger partial charge on any atom is -0.446 e. The highest BCUT2D eigenvalue weighted by Gasteiger charge is 2.11. The van der Waals surface area contributed by atoms with Gasteiger partial charge in [-0.15, -0.1) is 0 Å². The van der Waals surface area contributed by atoms with Gasteiger partial charge in [0.25, 0.3) is 0 Å². The molecule has 4 nitrogen and oxygen atoms in total. The number of benzene rings is 1. The van der Waals surface area contributed by atoms with Crippen molar-refractivity contribution in [2.24, 2.45) is 0 Å². The van der Waals surface area contributed by atoms with E-state index in [1.165, 1.54) is 0 Å². The normalized spacial score (nSPS) is 17.4. The fraction of sp³-hybridized carbons (Fsp3) is 0.462. The first kappa shape index (κ1) is 12.1. The highest BCUT2D eigenvalue weighted by atomic mass is 16.5. The SMILES string of the molecule is O=C(OCN1CCCNCC1)c1ccccc1. The van der Waals surface area contributed by atoms with E-state index in [2.05, 4.69) is 10.2 Å². The molecular weight excluding hydrogens is 216 g/mol. The molecule has 1 aliphatic heterocycles. The molecule has 0 saturated carbocycles. The van der Waals surface area contributed by atoms with Crippen LogP contribution in [0.25, 0.3) is 0 Å². The highest BCUT2D eigenvalue weighted by Crippen LogP contribution is 2.02. The fourth-order valence-electron chi connectivity index (χ4n) is 1.84. The van der Waals surface area contributed by atoms with E-state index in [1.54, 1.807) is 12.1 Å². The maximum Gasteiger partial charge on any atom is 0.339 e. The minimum atomic E-state index is -0.247. The quantitative estimate of drug-likeness (QED) is 0.795. The molecule has 0 aliphatic carbocycles. The monoisotopic (exact) mass is 234 g/mol. The summed E-state index contributed by atoms with van der Waals surface area (Å²) in [4.78, 5) is 13.9. The molecule has 1 aromatic rings. The molecule has 0 radical (unpaired) electrons. The minimum absolute atomic E-state index is 0.247. The molecule has 1 heterocycles. The largest absolute Gasteiger partial charge is 0.446 e. The molecule has 2 rings (SSSR count). The Labute approximate surface area is 102 Å². The van der Waals surface area contributed by atoms with E-state index in [4.69, 9.17) is 4.74 Å². The van der Waals surface area contributed by atoms with Crippen molar-refractivity contribution >= 4 is 5.97 Å². The first-order chi connectivity index (χ1) is 8.36. The summed E-state index contributed by atoms with van der Waals surface area (Å²) >= 11 is 0. The van der Waals surface area contributed by atoms with Gasteiger partial charge in [-0.3, -0.25) is 4.90 Å². The van der Waals surface area contributed by atoms with Crippen molar-refractivity contribution in [3.8, 4) is 0 Å². The van der Waals surface area contributed by atoms with Gasteiger partial charge in [0.1, 0.15) is 6.73 Å². The van der Waals surface area contributed by atoms with E-state index < -0.39 is 0 Å². The Bertz CT molecular complexity index is 346. The highest BCUT2D eigenvalue weighted by molar-refractivity contribution is 5.89. The Kier molecular flexibility index (Phi) is 4.53. The van der Waals surface area contributed by atoms with Crippen molar-refractivity contribution in [3.63, 3.8) is 0 Å². The maximum absolute atomic E-state index is 11.7. The van der Waals surface area contributed by atoms with Gasteiger partial charge in [0.05, 0.1) is 5.56 Å². The summed E-state index contributed by atoms with van der Waals surface area (Å²) in [7, 11) is 0. The molecule has 1 aliphatic rings. The number of esters is 1. The number of hydrogen-bond acceptors (Lipinski definition) is 4. The van der Waals surface area contributed by atoms with Crippen LogP contribution in [0.5, 0.6) is 0 Å². The van der Waals surface area contributed by atoms with Gasteiger partial charge in [0.15, 0.2) is 0 Å². The number of ether oxygens (including phenoxy) is 1. The summed E-state index contributed by atoms with van der Waals surface area (Å²) in [6.07, 6.45) is 1.10. The molecule has 92 valence electrons. The lowest BCUT2D eigenvalue weighted by Gasteiger charge is -2.18. The van der Waals surface area contributed by atoms with Gasteiger partial charge < -0.3 is 10.1 Å². The van der Waals surface area contributed by atoms with E-state index in [9.17, 15) is 4.79 Å². The van der Waals surface area contributed by atoms with Crippen LogP contribution < -0.4 is 5.32 Å². The van der Waals surface area contributed by atoms with Crippen molar-refractivity contribution in [2.45, 2.75) is 6.42 Å². The predicted molar refractivity (Wildman–Crippen MR) is 65.8 cm³/mol. The number of hydrogen-bond donors (Lipinski definition) is 1. The van der Waals surface area contributed by atoms with Crippen molar-refractivity contribution in [1.29, 1.82) is 0 Å². The van der Waals surface area contributed by atoms with E-state index in [0.717, 1.165) is 32.6 Å². The molecule has 1 saturated heterocycles. The first-order valence-electron chi connectivity index (χ1n) is 6.01. The van der Waals surface area contributed by atoms with Crippen LogP contribution in [0.3, 0.4) is 0 Å². The van der Waals surface area contributed by atoms with Gasteiger partial charge in [-0.05, 0) is 25.1 Å². The Morgan fingerprint density at radius 3 is 2.88 bits per heavy atom. The van der Waals surface area contributed by atoms with Gasteiger partial charge in [0, 0.05) is 19.6 Å². The molecule has 0 amide bonds. The molecule has 0 atom stereocenters. The summed E-state index contributed by atoms with van der Waals surface area (Å²) in [6, 6.07) is 9.11. The zero-order chi connectivity index (χ0) is 11.9. The van der Waals surface area contributed by atoms with Crippen LogP contribution >= 0.6 is 0 Å². The molecular formula is C13H18N2O2. The predicted octanol–water partition coefficient (Wildman–Crippen LogP) is 1.10. The maximum atomic E-state index is 11.7. The molecule has 0 bridgehead atoms. The lowest BCUT2D eigenvalue weighted by Crippen LogP contribution is -2.31. The number of rotatable bonds is 3. The standard InChI is InChI=1S/C13H18N2O2/c16-13(12-5-2-1-3-6-12)17-11-15-9-4-7-14-8-10-15/h1-3,5-6,14H,4,7-11H2. The first-order valence-corrected chi connectivity index (χ1v) is 6.01. The van der Waals surface area contributed by atoms with Gasteiger partial charge in [-0.2, -0.15) is 0 Å². The Morgan fingerprint density at radius 1 is 1.24 bits per heavy atom. The van der Waals surface area contributed by atoms with Gasteiger partial charge in [0.2, 0.25) is 0 Å². The molecule has 1 N–H and O–H groups in total. The van der Waals surface area contributed by atoms with Gasteiger partial charge >= 0.3 is 5.97 Å². The third kappa shape index (κ3) is 3.84. The summed E-state index contributed by atoms with van der Waals surface area (Å²) in [5, 5.41) is 3.31. The van der Waals surface area contributed by atoms with Crippen LogP contribution in [-0.4, -0.2) is 43.8 Å². The summed E-state index contributed by atoms with van der Waals surface area (Å²) in [6.45, 7) is 4.30. The third-order valence-corrected chi connectivity index (χ3v) is 2.82. The van der Waals surface area contributed by atoms with Crippen molar-refractivity contribution < 1.29 is 9.53 Å². The lowest BCUT2D eigenvalue weighted by molar-refractivity contribution is 0.0231. The average molecular weight is 234 g/mol. The molecule has 1 fully saturated rings. The van der Waals surface area contributed by atoms with Crippen molar-refractivity contribution in [3.05, 3.63) is 35.9 Å². The van der Waals surface area contributed by atoms with Crippen molar-refractivity contribution in [1.82, 2.24) is 10.2 Å². The van der Waals surface area contributed by atoms with Crippen molar-refractivity contribution in [2.75, 3.05) is 32.9 Å². The molecule has 0 unspecified atom stereocenters. The van der Waals surface area contributed by atoms with E-state index >= 15 is 0 Å². The Balaban J connectivity index is 1.79. The summed E-state index contributed by atoms with van der Waals surface area (Å²) in [5.41, 5.74) is 0.612. The second kappa shape index (κ2) is 6.37. The van der Waals surface area contributed by atoms with Crippen LogP contribution in [0.4, 0.5) is 0 Å². The van der Waals surface area contributed by atoms with Gasteiger partial charge in [-0.1, -0.05) is 18.2 Å². The molecule has 17 heavy (non-hydrogen) atoms. The van der Waals surface area contributed by atoms with E-state index in [0.29, 0.717) is 12.3 Å². The Hall–Kier alpha value is -1.39. The number of nitrogens with zero attached hydrogens (tertiary/aromatic N) is 1. The lowest BCUT2D eigenvalue weighted by atomic mass is 10.2. The second-order valence-corrected chi connectivity index (χ2v) is 4.15. The van der Waals surface area contributed by atoms with Crippen LogP contribution in [-0.2, 0) is 4.74 Å². The van der Waals surface area contributed by atoms with Crippen LogP contribution in [0.2, 0.25) is 0 Å². The fourth-order valence-corrected chi connectivity index (χ4v) is 1.84. The number of carbonyl (C=O) groups excluding carboxylic acids is 1. The van der Waals surface area contributed by atoms with Crippen LogP contribution in [0.15, 0.2) is 30.3 Å². The summed E-state index contributed by atoms with van der Waals surface area (Å²) < 4.78 is 5.28. The zero-order valence-electron chi connectivity index (χ0n) is 9.89. The molecule has 1 aromatic carbocycles.